The minimum atomic E-state index is -4.17. The van der Waals surface area contributed by atoms with Crippen LogP contribution in [0.25, 0.3) is 0 Å². The minimum Gasteiger partial charge on any atom is -0.748 e. The van der Waals surface area contributed by atoms with E-state index in [0.717, 1.165) is 5.56 Å². The number of unbranched alkanes of at least 4 members (excludes halogenated alkanes) is 1. The second-order valence-corrected chi connectivity index (χ2v) is 5.48. The molecule has 1 rings (SSSR count). The van der Waals surface area contributed by atoms with Gasteiger partial charge in [-0.3, -0.25) is 0 Å². The van der Waals surface area contributed by atoms with E-state index in [1.54, 1.807) is 0 Å². The molecule has 0 saturated carbocycles. The van der Waals surface area contributed by atoms with E-state index in [9.17, 15) is 17.8 Å². The molecule has 0 atom stereocenters. The molecule has 0 aliphatic carbocycles. The Labute approximate surface area is 146 Å². The summed E-state index contributed by atoms with van der Waals surface area (Å²) in [5, 5.41) is 2.48. The number of amides is 1. The van der Waals surface area contributed by atoms with Crippen molar-refractivity contribution in [1.82, 2.24) is 5.32 Å². The van der Waals surface area contributed by atoms with Gasteiger partial charge >= 0.3 is 35.7 Å². The molecule has 0 heterocycles. The van der Waals surface area contributed by atoms with Crippen LogP contribution in [0, 0.1) is 0 Å². The Kier molecular flexibility index (Phi) is 12.9. The van der Waals surface area contributed by atoms with Crippen LogP contribution in [-0.4, -0.2) is 36.8 Å². The second-order valence-electron chi connectivity index (χ2n) is 3.96. The molecule has 0 spiro atoms. The van der Waals surface area contributed by atoms with Gasteiger partial charge in [0.1, 0.15) is 6.61 Å². The summed E-state index contributed by atoms with van der Waals surface area (Å²) < 4.78 is 35.9. The predicted molar refractivity (Wildman–Crippen MR) is 72.0 cm³/mol. The number of benzene rings is 1. The standard InChI is InChI=1S/C12H17NO5S.Na.H2O/c14-12(13-8-4-5-9-19(15,16)17)18-10-11-6-2-1-3-7-11;;/h1-3,6-7H,4-5,8-10H2,(H,13,14)(H,15,16,17);;1H2/q;+1;/p-1. The van der Waals surface area contributed by atoms with Crippen molar-refractivity contribution in [3.05, 3.63) is 35.9 Å². The molecule has 0 fully saturated rings. The number of carbonyl (C=O) groups is 1. The zero-order valence-corrected chi connectivity index (χ0v) is 14.7. The third-order valence-electron chi connectivity index (χ3n) is 2.30. The molecule has 0 aromatic heterocycles. The molecule has 0 bridgehead atoms. The summed E-state index contributed by atoms with van der Waals surface area (Å²) in [6, 6.07) is 9.24. The van der Waals surface area contributed by atoms with Crippen LogP contribution in [0.5, 0.6) is 0 Å². The largest absolute Gasteiger partial charge is 1.00 e. The Morgan fingerprint density at radius 3 is 2.38 bits per heavy atom. The van der Waals surface area contributed by atoms with Crippen molar-refractivity contribution in [2.75, 3.05) is 12.3 Å². The predicted octanol–water partition coefficient (Wildman–Crippen LogP) is -2.58. The smallest absolute Gasteiger partial charge is 0.748 e. The van der Waals surface area contributed by atoms with Gasteiger partial charge in [0.15, 0.2) is 0 Å². The van der Waals surface area contributed by atoms with Gasteiger partial charge in [-0.15, -0.1) is 0 Å². The molecule has 21 heavy (non-hydrogen) atoms. The maximum absolute atomic E-state index is 11.3. The number of nitrogens with one attached hydrogen (secondary N) is 1. The first-order valence-electron chi connectivity index (χ1n) is 5.85. The van der Waals surface area contributed by atoms with Gasteiger partial charge in [-0.05, 0) is 18.4 Å². The number of rotatable bonds is 7. The number of hydrogen-bond acceptors (Lipinski definition) is 5. The second kappa shape index (κ2) is 12.0. The number of alkyl carbamates (subject to hydrolysis) is 1. The topological polar surface area (TPSA) is 127 Å². The van der Waals surface area contributed by atoms with Crippen molar-refractivity contribution in [2.45, 2.75) is 19.4 Å². The van der Waals surface area contributed by atoms with E-state index in [1.165, 1.54) is 0 Å². The van der Waals surface area contributed by atoms with Gasteiger partial charge in [-0.2, -0.15) is 0 Å². The fourth-order valence-corrected chi connectivity index (χ4v) is 1.93. The van der Waals surface area contributed by atoms with E-state index in [0.29, 0.717) is 6.42 Å². The van der Waals surface area contributed by atoms with Crippen LogP contribution < -0.4 is 34.9 Å². The van der Waals surface area contributed by atoms with Crippen molar-refractivity contribution >= 4 is 16.2 Å². The van der Waals surface area contributed by atoms with Crippen LogP contribution in [-0.2, 0) is 21.5 Å². The molecular weight excluding hydrogens is 309 g/mol. The Morgan fingerprint density at radius 1 is 1.19 bits per heavy atom. The van der Waals surface area contributed by atoms with Gasteiger partial charge in [0.05, 0.1) is 10.1 Å². The Hall–Kier alpha value is -0.640. The van der Waals surface area contributed by atoms with Crippen LogP contribution in [0.2, 0.25) is 0 Å². The van der Waals surface area contributed by atoms with Crippen molar-refractivity contribution in [3.8, 4) is 0 Å². The number of ether oxygens (including phenoxy) is 1. The third-order valence-corrected chi connectivity index (χ3v) is 3.09. The van der Waals surface area contributed by atoms with Crippen molar-refractivity contribution in [3.63, 3.8) is 0 Å². The summed E-state index contributed by atoms with van der Waals surface area (Å²) in [6.07, 6.45) is 0.0843. The van der Waals surface area contributed by atoms with Gasteiger partial charge in [-0.25, -0.2) is 13.2 Å². The van der Waals surface area contributed by atoms with Gasteiger partial charge in [-0.1, -0.05) is 30.3 Å². The Bertz CT molecular complexity index is 494. The summed E-state index contributed by atoms with van der Waals surface area (Å²) in [4.78, 5) is 11.3. The molecule has 9 heteroatoms. The summed E-state index contributed by atoms with van der Waals surface area (Å²) in [7, 11) is -4.17. The average Bonchev–Trinajstić information content (AvgIpc) is 2.36. The number of carbonyl (C=O) groups excluding carboxylic acids is 1. The monoisotopic (exact) mass is 327 g/mol. The SMILES string of the molecule is O.O=C(NCCCCS(=O)(=O)[O-])OCc1ccccc1.[Na+]. The quantitative estimate of drug-likeness (QED) is 0.334. The first-order valence-corrected chi connectivity index (χ1v) is 7.43. The van der Waals surface area contributed by atoms with Gasteiger partial charge in [0.2, 0.25) is 0 Å². The molecule has 3 N–H and O–H groups in total. The molecule has 0 aliphatic rings. The van der Waals surface area contributed by atoms with Gasteiger partial charge < -0.3 is 20.1 Å². The van der Waals surface area contributed by atoms with E-state index in [4.69, 9.17) is 4.74 Å². The third kappa shape index (κ3) is 12.8. The summed E-state index contributed by atoms with van der Waals surface area (Å²) >= 11 is 0. The normalized spacial score (nSPS) is 9.95. The molecular formula is C12H18NNaO6S. The van der Waals surface area contributed by atoms with Gasteiger partial charge in [0, 0.05) is 12.3 Å². The van der Waals surface area contributed by atoms with Crippen LogP contribution in [0.4, 0.5) is 4.79 Å². The number of hydrogen-bond donors (Lipinski definition) is 1. The Morgan fingerprint density at radius 2 is 1.81 bits per heavy atom. The summed E-state index contributed by atoms with van der Waals surface area (Å²) in [5.41, 5.74) is 0.884. The maximum atomic E-state index is 11.3. The zero-order valence-electron chi connectivity index (χ0n) is 11.9. The molecule has 0 radical (unpaired) electrons. The molecule has 1 aromatic rings. The van der Waals surface area contributed by atoms with Gasteiger partial charge in [0.25, 0.3) is 0 Å². The van der Waals surface area contributed by atoms with Crippen molar-refractivity contribution < 1.29 is 57.5 Å². The maximum Gasteiger partial charge on any atom is 1.00 e. The van der Waals surface area contributed by atoms with Crippen LogP contribution in [0.3, 0.4) is 0 Å². The molecule has 1 amide bonds. The fourth-order valence-electron chi connectivity index (χ4n) is 1.37. The van der Waals surface area contributed by atoms with Crippen LogP contribution in [0.15, 0.2) is 30.3 Å². The zero-order chi connectivity index (χ0) is 14.1. The molecule has 0 saturated heterocycles. The first kappa shape index (κ1) is 22.6. The molecule has 0 aliphatic heterocycles. The molecule has 1 aromatic carbocycles. The Balaban J connectivity index is 0. The van der Waals surface area contributed by atoms with E-state index >= 15 is 0 Å². The first-order chi connectivity index (χ1) is 8.97. The van der Waals surface area contributed by atoms with E-state index in [-0.39, 0.29) is 54.6 Å². The van der Waals surface area contributed by atoms with Crippen LogP contribution >= 0.6 is 0 Å². The van der Waals surface area contributed by atoms with E-state index in [1.807, 2.05) is 30.3 Å². The summed E-state index contributed by atoms with van der Waals surface area (Å²) in [6.45, 7) is 0.463. The molecule has 114 valence electrons. The molecule has 0 unspecified atom stereocenters. The van der Waals surface area contributed by atoms with E-state index < -0.39 is 22.0 Å². The minimum absolute atomic E-state index is 0. The fraction of sp³-hybridized carbons (Fsp3) is 0.417. The molecule has 7 nitrogen and oxygen atoms in total. The van der Waals surface area contributed by atoms with Crippen molar-refractivity contribution in [2.24, 2.45) is 0 Å². The van der Waals surface area contributed by atoms with Crippen LogP contribution in [0.1, 0.15) is 18.4 Å². The van der Waals surface area contributed by atoms with Crippen molar-refractivity contribution in [1.29, 1.82) is 0 Å². The summed E-state index contributed by atoms with van der Waals surface area (Å²) in [5.74, 6) is -0.409. The average molecular weight is 327 g/mol. The van der Waals surface area contributed by atoms with E-state index in [2.05, 4.69) is 5.32 Å².